The van der Waals surface area contributed by atoms with Crippen molar-refractivity contribution < 1.29 is 18.0 Å². The number of nitrogens with one attached hydrogen (secondary N) is 2. The Balaban J connectivity index is 2.34. The first kappa shape index (κ1) is 24.2. The molecule has 1 aromatic heterocycles. The lowest BCUT2D eigenvalue weighted by Crippen LogP contribution is -2.42. The number of fused-ring (bicyclic) bond motifs is 1. The highest BCUT2D eigenvalue weighted by molar-refractivity contribution is 8.00. The molecule has 0 spiro atoms. The smallest absolute Gasteiger partial charge is 0.321 e. The van der Waals surface area contributed by atoms with Gasteiger partial charge < -0.3 is 9.88 Å². The van der Waals surface area contributed by atoms with E-state index in [-0.39, 0.29) is 4.90 Å². The second kappa shape index (κ2) is 10.3. The van der Waals surface area contributed by atoms with Gasteiger partial charge in [0.1, 0.15) is 0 Å². The molecule has 0 saturated heterocycles. The molecule has 0 unspecified atom stereocenters. The van der Waals surface area contributed by atoms with Crippen molar-refractivity contribution in [3.63, 3.8) is 0 Å². The van der Waals surface area contributed by atoms with Gasteiger partial charge in [0.15, 0.2) is 5.16 Å². The van der Waals surface area contributed by atoms with Crippen molar-refractivity contribution in [2.24, 2.45) is 0 Å². The van der Waals surface area contributed by atoms with Gasteiger partial charge in [0.25, 0.3) is 0 Å². The zero-order valence-electron chi connectivity index (χ0n) is 17.9. The molecule has 2 N–H and O–H groups in total. The van der Waals surface area contributed by atoms with Crippen molar-refractivity contribution in [3.05, 3.63) is 18.2 Å². The number of rotatable bonds is 9. The minimum Gasteiger partial charge on any atom is -0.338 e. The number of benzene rings is 1. The molecule has 11 heteroatoms. The highest BCUT2D eigenvalue weighted by Crippen LogP contribution is 2.29. The lowest BCUT2D eigenvalue weighted by atomic mass is 10.3. The van der Waals surface area contributed by atoms with Crippen LogP contribution in [0.1, 0.15) is 34.6 Å². The van der Waals surface area contributed by atoms with E-state index in [2.05, 4.69) is 15.6 Å². The highest BCUT2D eigenvalue weighted by atomic mass is 32.2. The molecule has 0 aliphatic rings. The van der Waals surface area contributed by atoms with Gasteiger partial charge in [-0.2, -0.15) is 4.31 Å². The van der Waals surface area contributed by atoms with Gasteiger partial charge >= 0.3 is 6.03 Å². The molecule has 0 fully saturated rings. The maximum Gasteiger partial charge on any atom is 0.321 e. The lowest BCUT2D eigenvalue weighted by molar-refractivity contribution is -0.119. The third kappa shape index (κ3) is 5.13. The monoisotopic (exact) mass is 455 g/mol. The first-order valence-corrected chi connectivity index (χ1v) is 12.3. The van der Waals surface area contributed by atoms with Gasteiger partial charge in [0.2, 0.25) is 15.9 Å². The lowest BCUT2D eigenvalue weighted by Gasteiger charge is -2.18. The Kier molecular flexibility index (Phi) is 8.27. The van der Waals surface area contributed by atoms with E-state index < -0.39 is 27.2 Å². The summed E-state index contributed by atoms with van der Waals surface area (Å²) in [6.45, 7) is 10.8. The van der Waals surface area contributed by atoms with Crippen molar-refractivity contribution in [1.29, 1.82) is 0 Å². The molecule has 0 aliphatic carbocycles. The minimum absolute atomic E-state index is 0.193. The van der Waals surface area contributed by atoms with Gasteiger partial charge in [-0.1, -0.05) is 25.6 Å². The first-order chi connectivity index (χ1) is 14.2. The summed E-state index contributed by atoms with van der Waals surface area (Å²) in [5, 5.41) is 4.84. The predicted molar refractivity (Wildman–Crippen MR) is 118 cm³/mol. The van der Waals surface area contributed by atoms with Gasteiger partial charge in [-0.15, -0.1) is 0 Å². The Morgan fingerprint density at radius 3 is 2.43 bits per heavy atom. The summed E-state index contributed by atoms with van der Waals surface area (Å²) in [6, 6.07) is 4.36. The van der Waals surface area contributed by atoms with Crippen LogP contribution in [0, 0.1) is 0 Å². The van der Waals surface area contributed by atoms with Crippen molar-refractivity contribution in [3.8, 4) is 0 Å². The number of aromatic nitrogens is 2. The molecule has 1 heterocycles. The summed E-state index contributed by atoms with van der Waals surface area (Å²) < 4.78 is 29.0. The standard InChI is InChI=1S/C19H29N5O4S2/c1-6-20-18(26)22-17(25)13(5)29-19-21-15-12-14(10-11-16(15)24(19)9-4)30(27,28)23(7-2)8-3/h10-13H,6-9H2,1-5H3,(H2,20,22,25,26)/t13-/m0/s1. The van der Waals surface area contributed by atoms with E-state index in [1.165, 1.54) is 16.1 Å². The van der Waals surface area contributed by atoms with Crippen LogP contribution in [0.25, 0.3) is 11.0 Å². The van der Waals surface area contributed by atoms with E-state index in [1.54, 1.807) is 45.9 Å². The largest absolute Gasteiger partial charge is 0.338 e. The summed E-state index contributed by atoms with van der Waals surface area (Å²) >= 11 is 1.22. The Morgan fingerprint density at radius 1 is 1.20 bits per heavy atom. The summed E-state index contributed by atoms with van der Waals surface area (Å²) in [5.74, 6) is -0.426. The van der Waals surface area contributed by atoms with Crippen molar-refractivity contribution in [1.82, 2.24) is 24.5 Å². The van der Waals surface area contributed by atoms with E-state index in [9.17, 15) is 18.0 Å². The number of carbonyl (C=O) groups is 2. The third-order valence-electron chi connectivity index (χ3n) is 4.57. The summed E-state index contributed by atoms with van der Waals surface area (Å²) in [7, 11) is -3.59. The quantitative estimate of drug-likeness (QED) is 0.562. The molecule has 0 saturated carbocycles. The molecule has 0 radical (unpaired) electrons. The minimum atomic E-state index is -3.59. The first-order valence-electron chi connectivity index (χ1n) is 9.95. The number of thioether (sulfide) groups is 1. The third-order valence-corrected chi connectivity index (χ3v) is 7.71. The molecule has 1 aromatic carbocycles. The van der Waals surface area contributed by atoms with Crippen LogP contribution in [0.5, 0.6) is 0 Å². The summed E-state index contributed by atoms with van der Waals surface area (Å²) in [6.07, 6.45) is 0. The number of carbonyl (C=O) groups excluding carboxylic acids is 2. The number of imide groups is 1. The SMILES string of the molecule is CCNC(=O)NC(=O)[C@H](C)Sc1nc2cc(S(=O)(=O)N(CC)CC)ccc2n1CC. The maximum absolute atomic E-state index is 12.8. The molecule has 0 bridgehead atoms. The number of hydrogen-bond donors (Lipinski definition) is 2. The predicted octanol–water partition coefficient (Wildman–Crippen LogP) is 2.41. The Hall–Kier alpha value is -2.11. The summed E-state index contributed by atoms with van der Waals surface area (Å²) in [4.78, 5) is 28.6. The molecule has 166 valence electrons. The summed E-state index contributed by atoms with van der Waals surface area (Å²) in [5.41, 5.74) is 1.33. The Labute approximate surface area is 181 Å². The van der Waals surface area contributed by atoms with Crippen LogP contribution in [0.2, 0.25) is 0 Å². The average Bonchev–Trinajstić information content (AvgIpc) is 3.04. The van der Waals surface area contributed by atoms with Crippen LogP contribution < -0.4 is 10.6 Å². The van der Waals surface area contributed by atoms with Gasteiger partial charge in [-0.05, 0) is 39.0 Å². The molecule has 9 nitrogen and oxygen atoms in total. The zero-order valence-corrected chi connectivity index (χ0v) is 19.6. The van der Waals surface area contributed by atoms with E-state index in [4.69, 9.17) is 0 Å². The molecule has 30 heavy (non-hydrogen) atoms. The fraction of sp³-hybridized carbons (Fsp3) is 0.526. The molecular weight excluding hydrogens is 426 g/mol. The van der Waals surface area contributed by atoms with Crippen LogP contribution >= 0.6 is 11.8 Å². The molecule has 2 rings (SSSR count). The highest BCUT2D eigenvalue weighted by Gasteiger charge is 2.24. The zero-order chi connectivity index (χ0) is 22.5. The number of aryl methyl sites for hydroxylation is 1. The van der Waals surface area contributed by atoms with Gasteiger partial charge in [-0.3, -0.25) is 10.1 Å². The normalized spacial score (nSPS) is 12.9. The van der Waals surface area contributed by atoms with Crippen LogP contribution in [-0.4, -0.2) is 59.1 Å². The van der Waals surface area contributed by atoms with Gasteiger partial charge in [0.05, 0.1) is 21.2 Å². The van der Waals surface area contributed by atoms with E-state index >= 15 is 0 Å². The van der Waals surface area contributed by atoms with Crippen LogP contribution in [-0.2, 0) is 21.4 Å². The van der Waals surface area contributed by atoms with Crippen LogP contribution in [0.4, 0.5) is 4.79 Å². The molecule has 2 aromatic rings. The second-order valence-electron chi connectivity index (χ2n) is 6.49. The molecule has 1 atom stereocenters. The van der Waals surface area contributed by atoms with Crippen LogP contribution in [0.15, 0.2) is 28.3 Å². The van der Waals surface area contributed by atoms with Crippen LogP contribution in [0.3, 0.4) is 0 Å². The number of imidazole rings is 1. The van der Waals surface area contributed by atoms with Crippen molar-refractivity contribution >= 4 is 44.8 Å². The maximum atomic E-state index is 12.8. The van der Waals surface area contributed by atoms with Crippen molar-refractivity contribution in [2.75, 3.05) is 19.6 Å². The topological polar surface area (TPSA) is 113 Å². The van der Waals surface area contributed by atoms with E-state index in [0.29, 0.717) is 36.9 Å². The fourth-order valence-electron chi connectivity index (χ4n) is 2.99. The van der Waals surface area contributed by atoms with Crippen molar-refractivity contribution in [2.45, 2.75) is 56.5 Å². The Morgan fingerprint density at radius 2 is 1.87 bits per heavy atom. The van der Waals surface area contributed by atoms with E-state index in [0.717, 1.165) is 5.52 Å². The van der Waals surface area contributed by atoms with Gasteiger partial charge in [-0.25, -0.2) is 18.2 Å². The fourth-order valence-corrected chi connectivity index (χ4v) is 5.45. The number of hydrogen-bond acceptors (Lipinski definition) is 6. The molecule has 0 aliphatic heterocycles. The molecular formula is C19H29N5O4S2. The van der Waals surface area contributed by atoms with Gasteiger partial charge in [0, 0.05) is 26.2 Å². The number of sulfonamides is 1. The average molecular weight is 456 g/mol. The number of urea groups is 1. The number of nitrogens with zero attached hydrogens (tertiary/aromatic N) is 3. The van der Waals surface area contributed by atoms with E-state index in [1.807, 2.05) is 11.5 Å². The Bertz CT molecular complexity index is 1020. The number of amides is 3. The second-order valence-corrected chi connectivity index (χ2v) is 9.73. The molecule has 3 amide bonds.